The van der Waals surface area contributed by atoms with E-state index in [1.165, 1.54) is 4.90 Å². The first-order valence-corrected chi connectivity index (χ1v) is 9.02. The van der Waals surface area contributed by atoms with E-state index in [1.54, 1.807) is 7.11 Å². The van der Waals surface area contributed by atoms with Crippen LogP contribution >= 0.6 is 11.8 Å². The lowest BCUT2D eigenvalue weighted by Gasteiger charge is -2.08. The largest absolute Gasteiger partial charge is 0.496 e. The fraction of sp³-hybridized carbons (Fsp3) is 0.316. The molecule has 128 valence electrons. The van der Waals surface area contributed by atoms with Crippen molar-refractivity contribution in [2.24, 2.45) is 5.73 Å². The maximum Gasteiger partial charge on any atom is 0.132 e. The molecule has 3 N–H and O–H groups in total. The lowest BCUT2D eigenvalue weighted by atomic mass is 10.2. The second-order valence-electron chi connectivity index (χ2n) is 5.35. The highest BCUT2D eigenvalue weighted by atomic mass is 32.2. The molecule has 0 saturated heterocycles. The van der Waals surface area contributed by atoms with Gasteiger partial charge >= 0.3 is 0 Å². The van der Waals surface area contributed by atoms with Gasteiger partial charge in [0.15, 0.2) is 0 Å². The molecule has 0 aliphatic carbocycles. The highest BCUT2D eigenvalue weighted by Gasteiger charge is 2.02. The predicted octanol–water partition coefficient (Wildman–Crippen LogP) is 4.32. The van der Waals surface area contributed by atoms with Crippen LogP contribution in [0.4, 0.5) is 0 Å². The molecular weight excluding hydrogens is 320 g/mol. The van der Waals surface area contributed by atoms with Crippen molar-refractivity contribution in [3.05, 3.63) is 54.1 Å². The van der Waals surface area contributed by atoms with Gasteiger partial charge in [-0.2, -0.15) is 0 Å². The van der Waals surface area contributed by atoms with Crippen LogP contribution in [0.5, 0.6) is 11.5 Å². The summed E-state index contributed by atoms with van der Waals surface area (Å²) in [4.78, 5) is 1.20. The Bertz CT molecular complexity index is 644. The molecule has 5 heteroatoms. The summed E-state index contributed by atoms with van der Waals surface area (Å²) < 4.78 is 11.1. The normalized spacial score (nSPS) is 10.4. The van der Waals surface area contributed by atoms with Gasteiger partial charge in [-0.3, -0.25) is 5.41 Å². The van der Waals surface area contributed by atoms with Crippen LogP contribution in [0.3, 0.4) is 0 Å². The molecule has 2 aromatic carbocycles. The van der Waals surface area contributed by atoms with E-state index in [0.717, 1.165) is 42.1 Å². The molecule has 4 nitrogen and oxygen atoms in total. The number of nitrogen functional groups attached to an aromatic ring is 1. The van der Waals surface area contributed by atoms with E-state index >= 15 is 0 Å². The molecule has 24 heavy (non-hydrogen) atoms. The van der Waals surface area contributed by atoms with Crippen LogP contribution in [0.2, 0.25) is 0 Å². The monoisotopic (exact) mass is 344 g/mol. The first kappa shape index (κ1) is 18.2. The summed E-state index contributed by atoms with van der Waals surface area (Å²) in [5.41, 5.74) is 6.14. The molecule has 0 spiro atoms. The van der Waals surface area contributed by atoms with Crippen molar-refractivity contribution in [1.82, 2.24) is 0 Å². The molecule has 0 aromatic heterocycles. The second-order valence-corrected chi connectivity index (χ2v) is 6.48. The first-order valence-electron chi connectivity index (χ1n) is 8.04. The number of benzene rings is 2. The van der Waals surface area contributed by atoms with Gasteiger partial charge in [0.1, 0.15) is 17.3 Å². The number of ether oxygens (including phenoxy) is 2. The van der Waals surface area contributed by atoms with E-state index in [2.05, 4.69) is 6.07 Å². The summed E-state index contributed by atoms with van der Waals surface area (Å²) in [5.74, 6) is 2.92. The molecule has 0 fully saturated rings. The number of nitrogens with two attached hydrogens (primary N) is 1. The Morgan fingerprint density at radius 3 is 2.50 bits per heavy atom. The maximum absolute atomic E-state index is 7.35. The summed E-state index contributed by atoms with van der Waals surface area (Å²) in [6.07, 6.45) is 3.31. The zero-order valence-electron chi connectivity index (χ0n) is 14.0. The Morgan fingerprint density at radius 2 is 1.79 bits per heavy atom. The highest BCUT2D eigenvalue weighted by Crippen LogP contribution is 2.29. The fourth-order valence-electron chi connectivity index (χ4n) is 2.22. The lowest BCUT2D eigenvalue weighted by molar-refractivity contribution is 0.306. The third-order valence-electron chi connectivity index (χ3n) is 3.55. The average molecular weight is 344 g/mol. The third kappa shape index (κ3) is 5.81. The van der Waals surface area contributed by atoms with Gasteiger partial charge in [-0.05, 0) is 61.4 Å². The number of nitrogens with one attached hydrogen (secondary N) is 1. The van der Waals surface area contributed by atoms with Crippen LogP contribution < -0.4 is 15.2 Å². The highest BCUT2D eigenvalue weighted by molar-refractivity contribution is 7.99. The van der Waals surface area contributed by atoms with Crippen molar-refractivity contribution < 1.29 is 9.47 Å². The van der Waals surface area contributed by atoms with E-state index < -0.39 is 0 Å². The molecule has 0 saturated carbocycles. The van der Waals surface area contributed by atoms with Crippen LogP contribution in [-0.2, 0) is 0 Å². The van der Waals surface area contributed by atoms with E-state index in [4.69, 9.17) is 20.6 Å². The SMILES string of the molecule is COc1ccccc1SCCCCCOc1ccc(C(=N)N)cc1. The number of thioether (sulfide) groups is 1. The molecule has 0 bridgehead atoms. The average Bonchev–Trinajstić information content (AvgIpc) is 2.61. The van der Waals surface area contributed by atoms with Crippen molar-refractivity contribution in [2.75, 3.05) is 19.5 Å². The van der Waals surface area contributed by atoms with Gasteiger partial charge in [0.25, 0.3) is 0 Å². The van der Waals surface area contributed by atoms with Crippen molar-refractivity contribution in [3.8, 4) is 11.5 Å². The van der Waals surface area contributed by atoms with E-state index in [1.807, 2.05) is 54.2 Å². The predicted molar refractivity (Wildman–Crippen MR) is 101 cm³/mol. The molecule has 0 heterocycles. The topological polar surface area (TPSA) is 68.3 Å². The van der Waals surface area contributed by atoms with Crippen LogP contribution in [0.1, 0.15) is 24.8 Å². The minimum atomic E-state index is 0.0779. The van der Waals surface area contributed by atoms with Gasteiger partial charge in [0.2, 0.25) is 0 Å². The van der Waals surface area contributed by atoms with Gasteiger partial charge in [-0.1, -0.05) is 12.1 Å². The van der Waals surface area contributed by atoms with Crippen molar-refractivity contribution in [1.29, 1.82) is 5.41 Å². The number of para-hydroxylation sites is 1. The molecule has 0 unspecified atom stereocenters. The zero-order chi connectivity index (χ0) is 17.2. The number of methoxy groups -OCH3 is 1. The molecule has 0 aliphatic heterocycles. The van der Waals surface area contributed by atoms with Gasteiger partial charge < -0.3 is 15.2 Å². The third-order valence-corrected chi connectivity index (χ3v) is 4.69. The molecule has 0 radical (unpaired) electrons. The van der Waals surface area contributed by atoms with Gasteiger partial charge in [-0.15, -0.1) is 11.8 Å². The molecular formula is C19H24N2O2S. The second kappa shape index (κ2) is 9.88. The number of rotatable bonds is 10. The Balaban J connectivity index is 1.59. The Morgan fingerprint density at radius 1 is 1.04 bits per heavy atom. The number of amidine groups is 1. The minimum absolute atomic E-state index is 0.0779. The molecule has 2 aromatic rings. The van der Waals surface area contributed by atoms with E-state index in [9.17, 15) is 0 Å². The summed E-state index contributed by atoms with van der Waals surface area (Å²) in [6.45, 7) is 0.707. The van der Waals surface area contributed by atoms with Crippen molar-refractivity contribution in [2.45, 2.75) is 24.2 Å². The van der Waals surface area contributed by atoms with Gasteiger partial charge in [0, 0.05) is 10.5 Å². The Kier molecular flexibility index (Phi) is 7.49. The van der Waals surface area contributed by atoms with Crippen LogP contribution in [-0.4, -0.2) is 25.3 Å². The van der Waals surface area contributed by atoms with Crippen LogP contribution in [0.25, 0.3) is 0 Å². The van der Waals surface area contributed by atoms with E-state index in [-0.39, 0.29) is 5.84 Å². The molecule has 0 amide bonds. The van der Waals surface area contributed by atoms with Crippen molar-refractivity contribution >= 4 is 17.6 Å². The maximum atomic E-state index is 7.35. The summed E-state index contributed by atoms with van der Waals surface area (Å²) >= 11 is 1.83. The van der Waals surface area contributed by atoms with Crippen LogP contribution in [0, 0.1) is 5.41 Å². The quantitative estimate of drug-likeness (QED) is 0.291. The Labute approximate surface area is 147 Å². The molecule has 0 aliphatic rings. The van der Waals surface area contributed by atoms with Gasteiger partial charge in [0.05, 0.1) is 13.7 Å². The number of hydrogen-bond donors (Lipinski definition) is 2. The smallest absolute Gasteiger partial charge is 0.132 e. The van der Waals surface area contributed by atoms with Crippen molar-refractivity contribution in [3.63, 3.8) is 0 Å². The minimum Gasteiger partial charge on any atom is -0.496 e. The summed E-state index contributed by atoms with van der Waals surface area (Å²) in [6, 6.07) is 15.4. The van der Waals surface area contributed by atoms with Gasteiger partial charge in [-0.25, -0.2) is 0 Å². The summed E-state index contributed by atoms with van der Waals surface area (Å²) in [7, 11) is 1.71. The standard InChI is InChI=1S/C19H24N2O2S/c1-22-17-7-3-4-8-18(17)24-14-6-2-5-13-23-16-11-9-15(10-12-16)19(20)21/h3-4,7-12H,2,5-6,13-14H2,1H3,(H3,20,21). The fourth-order valence-corrected chi connectivity index (χ4v) is 3.26. The molecule has 0 atom stereocenters. The van der Waals surface area contributed by atoms with Crippen LogP contribution in [0.15, 0.2) is 53.4 Å². The van der Waals surface area contributed by atoms with E-state index in [0.29, 0.717) is 6.61 Å². The number of hydrogen-bond acceptors (Lipinski definition) is 4. The number of unbranched alkanes of at least 4 members (excludes halogenated alkanes) is 2. The summed E-state index contributed by atoms with van der Waals surface area (Å²) in [5, 5.41) is 7.35. The Hall–Kier alpha value is -2.14. The lowest BCUT2D eigenvalue weighted by Crippen LogP contribution is -2.10. The molecule has 2 rings (SSSR count). The first-order chi connectivity index (χ1) is 11.7. The zero-order valence-corrected chi connectivity index (χ0v) is 14.8.